The van der Waals surface area contributed by atoms with E-state index in [9.17, 15) is 0 Å². The van der Waals surface area contributed by atoms with Crippen LogP contribution in [-0.4, -0.2) is 12.1 Å². The standard InChI is InChI=1S/C12H15NO/c1-9(2)12(3)8-14-11-7-5-4-6-10(11)13-12/h4-7,13H,1,8H2,2-3H3. The van der Waals surface area contributed by atoms with Crippen LogP contribution in [0.1, 0.15) is 13.8 Å². The van der Waals surface area contributed by atoms with Crippen molar-refractivity contribution < 1.29 is 4.74 Å². The number of fused-ring (bicyclic) bond motifs is 1. The Morgan fingerprint density at radius 3 is 2.93 bits per heavy atom. The smallest absolute Gasteiger partial charge is 0.142 e. The van der Waals surface area contributed by atoms with Crippen molar-refractivity contribution >= 4 is 5.69 Å². The number of nitrogens with one attached hydrogen (secondary N) is 1. The van der Waals surface area contributed by atoms with Crippen molar-refractivity contribution in [1.29, 1.82) is 0 Å². The zero-order chi connectivity index (χ0) is 10.2. The van der Waals surface area contributed by atoms with E-state index in [0.717, 1.165) is 17.0 Å². The van der Waals surface area contributed by atoms with E-state index in [1.165, 1.54) is 0 Å². The molecular weight excluding hydrogens is 174 g/mol. The Morgan fingerprint density at radius 2 is 2.21 bits per heavy atom. The molecule has 2 heteroatoms. The van der Waals surface area contributed by atoms with Gasteiger partial charge in [0.05, 0.1) is 11.2 Å². The van der Waals surface area contributed by atoms with Gasteiger partial charge in [0.15, 0.2) is 0 Å². The Bertz CT molecular complexity index is 372. The van der Waals surface area contributed by atoms with Gasteiger partial charge in [0.1, 0.15) is 12.4 Å². The van der Waals surface area contributed by atoms with Gasteiger partial charge in [0, 0.05) is 0 Å². The summed E-state index contributed by atoms with van der Waals surface area (Å²) >= 11 is 0. The van der Waals surface area contributed by atoms with Crippen LogP contribution < -0.4 is 10.1 Å². The summed E-state index contributed by atoms with van der Waals surface area (Å²) in [6, 6.07) is 7.97. The van der Waals surface area contributed by atoms with Gasteiger partial charge in [-0.05, 0) is 26.0 Å². The predicted molar refractivity (Wildman–Crippen MR) is 58.8 cm³/mol. The molecular formula is C12H15NO. The van der Waals surface area contributed by atoms with E-state index in [0.29, 0.717) is 6.61 Å². The molecule has 1 N–H and O–H groups in total. The highest BCUT2D eigenvalue weighted by Gasteiger charge is 2.30. The molecule has 1 aliphatic rings. The maximum Gasteiger partial charge on any atom is 0.142 e. The minimum absolute atomic E-state index is 0.144. The summed E-state index contributed by atoms with van der Waals surface area (Å²) in [4.78, 5) is 0. The summed E-state index contributed by atoms with van der Waals surface area (Å²) in [6.07, 6.45) is 0. The van der Waals surface area contributed by atoms with E-state index in [-0.39, 0.29) is 5.54 Å². The van der Waals surface area contributed by atoms with Crippen molar-refractivity contribution in [2.45, 2.75) is 19.4 Å². The largest absolute Gasteiger partial charge is 0.489 e. The molecule has 0 aromatic heterocycles. The normalized spacial score (nSPS) is 24.4. The van der Waals surface area contributed by atoms with Crippen LogP contribution in [0.25, 0.3) is 0 Å². The van der Waals surface area contributed by atoms with Crippen LogP contribution >= 0.6 is 0 Å². The summed E-state index contributed by atoms with van der Waals surface area (Å²) in [5, 5.41) is 3.45. The first kappa shape index (κ1) is 9.13. The molecule has 1 aromatic carbocycles. The van der Waals surface area contributed by atoms with Gasteiger partial charge in [-0.15, -0.1) is 0 Å². The van der Waals surface area contributed by atoms with E-state index in [2.05, 4.69) is 18.8 Å². The molecule has 0 fully saturated rings. The van der Waals surface area contributed by atoms with Crippen LogP contribution in [0.15, 0.2) is 36.4 Å². The molecule has 1 aliphatic heterocycles. The minimum Gasteiger partial charge on any atom is -0.489 e. The fraction of sp³-hybridized carbons (Fsp3) is 0.333. The molecule has 14 heavy (non-hydrogen) atoms. The molecule has 1 atom stereocenters. The van der Waals surface area contributed by atoms with Crippen molar-refractivity contribution in [1.82, 2.24) is 0 Å². The maximum atomic E-state index is 5.68. The quantitative estimate of drug-likeness (QED) is 0.686. The Balaban J connectivity index is 2.34. The van der Waals surface area contributed by atoms with E-state index >= 15 is 0 Å². The van der Waals surface area contributed by atoms with Crippen molar-refractivity contribution in [2.75, 3.05) is 11.9 Å². The van der Waals surface area contributed by atoms with Gasteiger partial charge in [0.2, 0.25) is 0 Å². The van der Waals surface area contributed by atoms with E-state index in [4.69, 9.17) is 4.74 Å². The molecule has 0 amide bonds. The van der Waals surface area contributed by atoms with Crippen molar-refractivity contribution in [3.05, 3.63) is 36.4 Å². The van der Waals surface area contributed by atoms with Crippen molar-refractivity contribution in [2.24, 2.45) is 0 Å². The lowest BCUT2D eigenvalue weighted by atomic mass is 9.93. The monoisotopic (exact) mass is 189 g/mol. The molecule has 0 saturated carbocycles. The molecule has 0 radical (unpaired) electrons. The highest BCUT2D eigenvalue weighted by molar-refractivity contribution is 5.60. The van der Waals surface area contributed by atoms with Crippen LogP contribution in [0.5, 0.6) is 5.75 Å². The van der Waals surface area contributed by atoms with Crippen molar-refractivity contribution in [3.63, 3.8) is 0 Å². The Labute approximate surface area is 84.6 Å². The van der Waals surface area contributed by atoms with Gasteiger partial charge < -0.3 is 10.1 Å². The number of hydrogen-bond acceptors (Lipinski definition) is 2. The second-order valence-corrected chi connectivity index (χ2v) is 4.02. The van der Waals surface area contributed by atoms with E-state index in [1.54, 1.807) is 0 Å². The molecule has 0 spiro atoms. The summed E-state index contributed by atoms with van der Waals surface area (Å²) in [6.45, 7) is 8.74. The molecule has 0 aliphatic carbocycles. The molecule has 74 valence electrons. The summed E-state index contributed by atoms with van der Waals surface area (Å²) in [5.74, 6) is 0.922. The van der Waals surface area contributed by atoms with Gasteiger partial charge in [-0.25, -0.2) is 0 Å². The second kappa shape index (κ2) is 3.05. The average molecular weight is 189 g/mol. The lowest BCUT2D eigenvalue weighted by molar-refractivity contribution is 0.251. The third kappa shape index (κ3) is 1.37. The molecule has 1 unspecified atom stereocenters. The zero-order valence-electron chi connectivity index (χ0n) is 8.63. The van der Waals surface area contributed by atoms with E-state index < -0.39 is 0 Å². The highest BCUT2D eigenvalue weighted by atomic mass is 16.5. The molecule has 2 nitrogen and oxygen atoms in total. The Kier molecular flexibility index (Phi) is 1.99. The lowest BCUT2D eigenvalue weighted by Gasteiger charge is -2.37. The third-order valence-corrected chi connectivity index (χ3v) is 2.76. The highest BCUT2D eigenvalue weighted by Crippen LogP contribution is 2.34. The number of anilines is 1. The predicted octanol–water partition coefficient (Wildman–Crippen LogP) is 2.83. The number of benzene rings is 1. The Hall–Kier alpha value is -1.44. The van der Waals surface area contributed by atoms with Crippen LogP contribution in [0.2, 0.25) is 0 Å². The van der Waals surface area contributed by atoms with Crippen LogP contribution in [0, 0.1) is 0 Å². The van der Waals surface area contributed by atoms with Gasteiger partial charge in [-0.3, -0.25) is 0 Å². The fourth-order valence-corrected chi connectivity index (χ4v) is 1.48. The molecule has 2 rings (SSSR count). The maximum absolute atomic E-state index is 5.68. The fourth-order valence-electron chi connectivity index (χ4n) is 1.48. The number of para-hydroxylation sites is 2. The number of hydrogen-bond donors (Lipinski definition) is 1. The van der Waals surface area contributed by atoms with Crippen LogP contribution in [-0.2, 0) is 0 Å². The number of rotatable bonds is 1. The summed E-state index contributed by atoms with van der Waals surface area (Å²) in [7, 11) is 0. The van der Waals surface area contributed by atoms with Crippen LogP contribution in [0.3, 0.4) is 0 Å². The van der Waals surface area contributed by atoms with Gasteiger partial charge in [0.25, 0.3) is 0 Å². The first-order valence-corrected chi connectivity index (χ1v) is 4.78. The molecule has 0 bridgehead atoms. The lowest BCUT2D eigenvalue weighted by Crippen LogP contribution is -2.44. The summed E-state index contributed by atoms with van der Waals surface area (Å²) < 4.78 is 5.68. The second-order valence-electron chi connectivity index (χ2n) is 4.02. The van der Waals surface area contributed by atoms with Gasteiger partial charge in [-0.1, -0.05) is 24.3 Å². The first-order valence-electron chi connectivity index (χ1n) is 4.78. The van der Waals surface area contributed by atoms with Gasteiger partial charge in [-0.2, -0.15) is 0 Å². The topological polar surface area (TPSA) is 21.3 Å². The number of ether oxygens (including phenoxy) is 1. The van der Waals surface area contributed by atoms with Crippen LogP contribution in [0.4, 0.5) is 5.69 Å². The summed E-state index contributed by atoms with van der Waals surface area (Å²) in [5.41, 5.74) is 1.99. The van der Waals surface area contributed by atoms with E-state index in [1.807, 2.05) is 31.2 Å². The average Bonchev–Trinajstić information content (AvgIpc) is 2.17. The first-order chi connectivity index (χ1) is 6.62. The molecule has 1 heterocycles. The van der Waals surface area contributed by atoms with Crippen molar-refractivity contribution in [3.8, 4) is 5.75 Å². The molecule has 1 aromatic rings. The Morgan fingerprint density at radius 1 is 1.50 bits per heavy atom. The SMILES string of the molecule is C=C(C)C1(C)COc2ccccc2N1. The minimum atomic E-state index is -0.144. The van der Waals surface area contributed by atoms with Gasteiger partial charge >= 0.3 is 0 Å². The third-order valence-electron chi connectivity index (χ3n) is 2.76. The zero-order valence-corrected chi connectivity index (χ0v) is 8.63. The molecule has 0 saturated heterocycles.